The molecule has 0 N–H and O–H groups in total. The van der Waals surface area contributed by atoms with Crippen molar-refractivity contribution in [3.63, 3.8) is 0 Å². The lowest BCUT2D eigenvalue weighted by Crippen LogP contribution is -2.47. The first-order chi connectivity index (χ1) is 11.3. The van der Waals surface area contributed by atoms with Crippen LogP contribution in [0.1, 0.15) is 24.8 Å². The summed E-state index contributed by atoms with van der Waals surface area (Å²) in [6.07, 6.45) is 11.8. The Labute approximate surface area is 139 Å². The van der Waals surface area contributed by atoms with Gasteiger partial charge < -0.3 is 4.90 Å². The van der Waals surface area contributed by atoms with Crippen molar-refractivity contribution in [1.29, 1.82) is 0 Å². The van der Waals surface area contributed by atoms with Crippen molar-refractivity contribution >= 4 is 5.91 Å². The van der Waals surface area contributed by atoms with E-state index >= 15 is 0 Å². The van der Waals surface area contributed by atoms with Crippen molar-refractivity contribution in [1.82, 2.24) is 9.80 Å². The lowest BCUT2D eigenvalue weighted by molar-refractivity contribution is -0.127. The molecule has 0 radical (unpaired) electrons. The van der Waals surface area contributed by atoms with Crippen LogP contribution in [0.5, 0.6) is 0 Å². The maximum Gasteiger partial charge on any atom is 0.246 e. The van der Waals surface area contributed by atoms with Crippen LogP contribution in [-0.4, -0.2) is 41.9 Å². The first-order valence-electron chi connectivity index (χ1n) is 8.69. The topological polar surface area (TPSA) is 23.6 Å². The number of carbonyl (C=O) groups is 1. The molecule has 1 unspecified atom stereocenters. The zero-order valence-electron chi connectivity index (χ0n) is 13.7. The van der Waals surface area contributed by atoms with Crippen LogP contribution < -0.4 is 0 Å². The van der Waals surface area contributed by atoms with Gasteiger partial charge >= 0.3 is 0 Å². The molecule has 3 heteroatoms. The molecule has 1 saturated heterocycles. The third-order valence-corrected chi connectivity index (χ3v) is 4.75. The van der Waals surface area contributed by atoms with E-state index in [1.165, 1.54) is 12.0 Å². The highest BCUT2D eigenvalue weighted by Gasteiger charge is 2.19. The van der Waals surface area contributed by atoms with Crippen molar-refractivity contribution in [2.75, 3.05) is 26.2 Å². The average molecular weight is 310 g/mol. The zero-order chi connectivity index (χ0) is 15.9. The van der Waals surface area contributed by atoms with Crippen LogP contribution in [0, 0.1) is 5.92 Å². The van der Waals surface area contributed by atoms with Crippen molar-refractivity contribution in [2.24, 2.45) is 5.92 Å². The number of nitrogens with zero attached hydrogens (tertiary/aromatic N) is 2. The first-order valence-corrected chi connectivity index (χ1v) is 8.69. The molecule has 3 nitrogen and oxygen atoms in total. The summed E-state index contributed by atoms with van der Waals surface area (Å²) in [6.45, 7) is 4.57. The number of rotatable bonds is 4. The number of carbonyl (C=O) groups excluding carboxylic acids is 1. The summed E-state index contributed by atoms with van der Waals surface area (Å²) in [6, 6.07) is 10.5. The highest BCUT2D eigenvalue weighted by Crippen LogP contribution is 2.19. The lowest BCUT2D eigenvalue weighted by atomic mass is 9.94. The van der Waals surface area contributed by atoms with Crippen LogP contribution in [0.4, 0.5) is 0 Å². The number of benzene rings is 1. The highest BCUT2D eigenvalue weighted by molar-refractivity contribution is 5.87. The fourth-order valence-electron chi connectivity index (χ4n) is 3.28. The van der Waals surface area contributed by atoms with E-state index in [9.17, 15) is 4.79 Å². The third kappa shape index (κ3) is 4.80. The second-order valence-electron chi connectivity index (χ2n) is 6.49. The van der Waals surface area contributed by atoms with Gasteiger partial charge in [0.05, 0.1) is 0 Å². The van der Waals surface area contributed by atoms with E-state index in [0.29, 0.717) is 5.92 Å². The van der Waals surface area contributed by atoms with E-state index in [-0.39, 0.29) is 5.91 Å². The second kappa shape index (κ2) is 8.11. The van der Waals surface area contributed by atoms with Crippen LogP contribution in [-0.2, 0) is 11.3 Å². The quantitative estimate of drug-likeness (QED) is 0.629. The summed E-state index contributed by atoms with van der Waals surface area (Å²) in [4.78, 5) is 16.7. The molecule has 1 fully saturated rings. The SMILES string of the molecule is O=C(/C=C/C1CC=CCC1)N1CCN(Cc2ccccc2)CC1. The minimum atomic E-state index is 0.180. The summed E-state index contributed by atoms with van der Waals surface area (Å²) in [7, 11) is 0. The summed E-state index contributed by atoms with van der Waals surface area (Å²) < 4.78 is 0. The molecule has 0 aromatic heterocycles. The fraction of sp³-hybridized carbons (Fsp3) is 0.450. The van der Waals surface area contributed by atoms with Crippen LogP contribution in [0.15, 0.2) is 54.6 Å². The molecule has 1 aromatic carbocycles. The van der Waals surface area contributed by atoms with Gasteiger partial charge in [-0.1, -0.05) is 48.6 Å². The number of piperazine rings is 1. The van der Waals surface area contributed by atoms with Crippen LogP contribution in [0.2, 0.25) is 0 Å². The molecule has 1 aliphatic carbocycles. The molecule has 23 heavy (non-hydrogen) atoms. The summed E-state index contributed by atoms with van der Waals surface area (Å²) in [5, 5.41) is 0. The first kappa shape index (κ1) is 16.0. The predicted molar refractivity (Wildman–Crippen MR) is 93.9 cm³/mol. The van der Waals surface area contributed by atoms with Gasteiger partial charge in [0.1, 0.15) is 0 Å². The smallest absolute Gasteiger partial charge is 0.246 e. The van der Waals surface area contributed by atoms with E-state index < -0.39 is 0 Å². The molecule has 0 bridgehead atoms. The molecule has 3 rings (SSSR count). The van der Waals surface area contributed by atoms with Gasteiger partial charge in [-0.15, -0.1) is 0 Å². The van der Waals surface area contributed by atoms with Crippen LogP contribution >= 0.6 is 0 Å². The van der Waals surface area contributed by atoms with E-state index in [4.69, 9.17) is 0 Å². The molecule has 2 aliphatic rings. The normalized spacial score (nSPS) is 22.6. The highest BCUT2D eigenvalue weighted by atomic mass is 16.2. The Bertz CT molecular complexity index is 556. The van der Waals surface area contributed by atoms with E-state index in [1.807, 2.05) is 4.90 Å². The predicted octanol–water partition coefficient (Wildman–Crippen LogP) is 3.24. The molecule has 122 valence electrons. The van der Waals surface area contributed by atoms with Gasteiger partial charge in [-0.2, -0.15) is 0 Å². The lowest BCUT2D eigenvalue weighted by Gasteiger charge is -2.34. The molecular weight excluding hydrogens is 284 g/mol. The van der Waals surface area contributed by atoms with Crippen molar-refractivity contribution < 1.29 is 4.79 Å². The molecule has 1 atom stereocenters. The maximum atomic E-state index is 12.3. The minimum Gasteiger partial charge on any atom is -0.337 e. The molecular formula is C20H26N2O. The van der Waals surface area contributed by atoms with Crippen molar-refractivity contribution in [3.05, 3.63) is 60.2 Å². The molecule has 0 saturated carbocycles. The molecule has 0 spiro atoms. The zero-order valence-corrected chi connectivity index (χ0v) is 13.7. The number of hydrogen-bond acceptors (Lipinski definition) is 2. The van der Waals surface area contributed by atoms with Gasteiger partial charge in [0, 0.05) is 32.7 Å². The van der Waals surface area contributed by atoms with Gasteiger partial charge in [-0.05, 0) is 36.8 Å². The summed E-state index contributed by atoms with van der Waals surface area (Å²) in [5.74, 6) is 0.724. The largest absolute Gasteiger partial charge is 0.337 e. The summed E-state index contributed by atoms with van der Waals surface area (Å²) >= 11 is 0. The minimum absolute atomic E-state index is 0.180. The molecule has 1 amide bonds. The molecule has 1 heterocycles. The fourth-order valence-corrected chi connectivity index (χ4v) is 3.28. The Morgan fingerprint density at radius 2 is 1.87 bits per heavy atom. The average Bonchev–Trinajstić information content (AvgIpc) is 2.62. The van der Waals surface area contributed by atoms with Gasteiger partial charge in [-0.25, -0.2) is 0 Å². The van der Waals surface area contributed by atoms with Gasteiger partial charge in [-0.3, -0.25) is 9.69 Å². The number of amides is 1. The Kier molecular flexibility index (Phi) is 5.65. The van der Waals surface area contributed by atoms with Gasteiger partial charge in [0.25, 0.3) is 0 Å². The standard InChI is InChI=1S/C20H26N2O/c23-20(12-11-18-7-3-1-4-8-18)22-15-13-21(14-16-22)17-19-9-5-2-6-10-19/h1-3,5-6,9-12,18H,4,7-8,13-17H2/b12-11+. The van der Waals surface area contributed by atoms with E-state index in [2.05, 4.69) is 53.5 Å². The third-order valence-electron chi connectivity index (χ3n) is 4.75. The summed E-state index contributed by atoms with van der Waals surface area (Å²) in [5.41, 5.74) is 1.34. The Balaban J connectivity index is 1.44. The van der Waals surface area contributed by atoms with E-state index in [0.717, 1.165) is 45.6 Å². The Morgan fingerprint density at radius 3 is 2.57 bits per heavy atom. The number of allylic oxidation sites excluding steroid dienone is 3. The van der Waals surface area contributed by atoms with E-state index in [1.54, 1.807) is 6.08 Å². The molecule has 1 aliphatic heterocycles. The Hall–Kier alpha value is -1.87. The van der Waals surface area contributed by atoms with Crippen molar-refractivity contribution in [3.8, 4) is 0 Å². The number of hydrogen-bond donors (Lipinski definition) is 0. The van der Waals surface area contributed by atoms with Gasteiger partial charge in [0.2, 0.25) is 5.91 Å². The monoisotopic (exact) mass is 310 g/mol. The molecule has 1 aromatic rings. The maximum absolute atomic E-state index is 12.3. The Morgan fingerprint density at radius 1 is 1.09 bits per heavy atom. The van der Waals surface area contributed by atoms with Crippen molar-refractivity contribution in [2.45, 2.75) is 25.8 Å². The van der Waals surface area contributed by atoms with Crippen LogP contribution in [0.3, 0.4) is 0 Å². The van der Waals surface area contributed by atoms with Crippen LogP contribution in [0.25, 0.3) is 0 Å². The van der Waals surface area contributed by atoms with Gasteiger partial charge in [0.15, 0.2) is 0 Å². The second-order valence-corrected chi connectivity index (χ2v) is 6.49.